The fourth-order valence-electron chi connectivity index (χ4n) is 1.09. The quantitative estimate of drug-likeness (QED) is 0.667. The first-order valence-electron chi connectivity index (χ1n) is 4.15. The molecule has 0 bridgehead atoms. The van der Waals surface area contributed by atoms with E-state index in [1.165, 1.54) is 19.1 Å². The molecule has 0 aliphatic rings. The van der Waals surface area contributed by atoms with Crippen molar-refractivity contribution < 1.29 is 20.1 Å². The number of carbonyl (C=O) groups is 1. The van der Waals surface area contributed by atoms with Crippen molar-refractivity contribution in [1.29, 1.82) is 0 Å². The zero-order valence-electron chi connectivity index (χ0n) is 7.77. The lowest BCUT2D eigenvalue weighted by atomic mass is 9.97. The molecule has 4 heteroatoms. The molecule has 0 aliphatic heterocycles. The average Bonchev–Trinajstić information content (AvgIpc) is 2.08. The molecule has 1 aromatic rings. The first-order valence-corrected chi connectivity index (χ1v) is 4.15. The van der Waals surface area contributed by atoms with Gasteiger partial charge in [0, 0.05) is 6.42 Å². The Morgan fingerprint density at radius 2 is 1.86 bits per heavy atom. The van der Waals surface area contributed by atoms with E-state index in [2.05, 4.69) is 0 Å². The van der Waals surface area contributed by atoms with Crippen LogP contribution in [0.5, 0.6) is 5.75 Å². The fourth-order valence-corrected chi connectivity index (χ4v) is 1.09. The first-order chi connectivity index (χ1) is 6.42. The predicted octanol–water partition coefficient (Wildman–Crippen LogP) is 0.770. The van der Waals surface area contributed by atoms with Gasteiger partial charge in [0.2, 0.25) is 0 Å². The largest absolute Gasteiger partial charge is 0.508 e. The summed E-state index contributed by atoms with van der Waals surface area (Å²) in [5, 5.41) is 27.1. The zero-order valence-corrected chi connectivity index (χ0v) is 7.77. The second-order valence-corrected chi connectivity index (χ2v) is 3.42. The molecule has 1 rings (SSSR count). The van der Waals surface area contributed by atoms with E-state index < -0.39 is 11.6 Å². The molecule has 4 nitrogen and oxygen atoms in total. The lowest BCUT2D eigenvalue weighted by molar-refractivity contribution is -0.156. The van der Waals surface area contributed by atoms with E-state index in [4.69, 9.17) is 10.2 Å². The van der Waals surface area contributed by atoms with Crippen molar-refractivity contribution in [3.8, 4) is 5.75 Å². The summed E-state index contributed by atoms with van der Waals surface area (Å²) >= 11 is 0. The van der Waals surface area contributed by atoms with Gasteiger partial charge in [-0.2, -0.15) is 0 Å². The number of aromatic hydroxyl groups is 1. The maximum atomic E-state index is 10.6. The molecule has 0 heterocycles. The maximum absolute atomic E-state index is 10.6. The topological polar surface area (TPSA) is 77.8 Å². The number of benzene rings is 1. The van der Waals surface area contributed by atoms with Gasteiger partial charge >= 0.3 is 5.97 Å². The predicted molar refractivity (Wildman–Crippen MR) is 50.1 cm³/mol. The van der Waals surface area contributed by atoms with Gasteiger partial charge in [-0.3, -0.25) is 0 Å². The number of hydrogen-bond acceptors (Lipinski definition) is 3. The van der Waals surface area contributed by atoms with Crippen molar-refractivity contribution >= 4 is 5.97 Å². The Morgan fingerprint density at radius 3 is 2.29 bits per heavy atom. The number of phenols is 1. The highest BCUT2D eigenvalue weighted by Gasteiger charge is 2.29. The SMILES string of the molecule is CC(O)(Cc1ccc(O)cc1)C(=O)O. The van der Waals surface area contributed by atoms with E-state index in [1.54, 1.807) is 12.1 Å². The highest BCUT2D eigenvalue weighted by molar-refractivity contribution is 5.76. The van der Waals surface area contributed by atoms with E-state index in [-0.39, 0.29) is 12.2 Å². The van der Waals surface area contributed by atoms with Gasteiger partial charge in [-0.15, -0.1) is 0 Å². The lowest BCUT2D eigenvalue weighted by Gasteiger charge is -2.17. The van der Waals surface area contributed by atoms with Crippen LogP contribution in [-0.4, -0.2) is 26.9 Å². The third-order valence-electron chi connectivity index (χ3n) is 1.95. The van der Waals surface area contributed by atoms with Crippen molar-refractivity contribution in [2.75, 3.05) is 0 Å². The molecule has 3 N–H and O–H groups in total. The van der Waals surface area contributed by atoms with Crippen LogP contribution in [0.3, 0.4) is 0 Å². The number of hydrogen-bond donors (Lipinski definition) is 3. The van der Waals surface area contributed by atoms with E-state index >= 15 is 0 Å². The van der Waals surface area contributed by atoms with Gasteiger partial charge in [-0.05, 0) is 24.6 Å². The Hall–Kier alpha value is -1.55. The van der Waals surface area contributed by atoms with Crippen LogP contribution in [0.15, 0.2) is 24.3 Å². The average molecular weight is 196 g/mol. The molecule has 1 atom stereocenters. The third kappa shape index (κ3) is 2.47. The van der Waals surface area contributed by atoms with Crippen molar-refractivity contribution in [1.82, 2.24) is 0 Å². The molecule has 0 aromatic heterocycles. The lowest BCUT2D eigenvalue weighted by Crippen LogP contribution is -2.37. The number of carboxylic acids is 1. The van der Waals surface area contributed by atoms with Gasteiger partial charge in [0.1, 0.15) is 5.75 Å². The summed E-state index contributed by atoms with van der Waals surface area (Å²) in [6.07, 6.45) is 0.0165. The van der Waals surface area contributed by atoms with Crippen LogP contribution in [0.1, 0.15) is 12.5 Å². The molecular weight excluding hydrogens is 184 g/mol. The van der Waals surface area contributed by atoms with E-state index in [0.717, 1.165) is 0 Å². The maximum Gasteiger partial charge on any atom is 0.335 e. The van der Waals surface area contributed by atoms with E-state index in [0.29, 0.717) is 5.56 Å². The molecule has 0 spiro atoms. The number of aliphatic hydroxyl groups is 1. The van der Waals surface area contributed by atoms with Crippen LogP contribution in [0.4, 0.5) is 0 Å². The van der Waals surface area contributed by atoms with E-state index in [9.17, 15) is 9.90 Å². The van der Waals surface area contributed by atoms with Crippen LogP contribution in [-0.2, 0) is 11.2 Å². The Balaban J connectivity index is 2.79. The minimum Gasteiger partial charge on any atom is -0.508 e. The molecule has 0 saturated carbocycles. The fraction of sp³-hybridized carbons (Fsp3) is 0.300. The number of carboxylic acid groups (broad SMARTS) is 1. The second-order valence-electron chi connectivity index (χ2n) is 3.42. The van der Waals surface area contributed by atoms with Gasteiger partial charge in [0.05, 0.1) is 0 Å². The summed E-state index contributed by atoms with van der Waals surface area (Å²) in [6.45, 7) is 1.24. The molecule has 0 amide bonds. The van der Waals surface area contributed by atoms with Crippen LogP contribution in [0, 0.1) is 0 Å². The molecule has 0 aliphatic carbocycles. The summed E-state index contributed by atoms with van der Waals surface area (Å²) in [7, 11) is 0. The molecule has 76 valence electrons. The molecule has 0 fully saturated rings. The standard InChI is InChI=1S/C10H12O4/c1-10(14,9(12)13)6-7-2-4-8(11)5-3-7/h2-5,11,14H,6H2,1H3,(H,12,13). The highest BCUT2D eigenvalue weighted by atomic mass is 16.4. The Labute approximate surface area is 81.4 Å². The smallest absolute Gasteiger partial charge is 0.335 e. The van der Waals surface area contributed by atoms with Crippen molar-refractivity contribution in [3.05, 3.63) is 29.8 Å². The minimum atomic E-state index is -1.77. The molecule has 0 radical (unpaired) electrons. The van der Waals surface area contributed by atoms with Gasteiger partial charge < -0.3 is 15.3 Å². The minimum absolute atomic E-state index is 0.0165. The molecular formula is C10H12O4. The molecule has 0 saturated heterocycles. The molecule has 1 unspecified atom stereocenters. The number of aliphatic carboxylic acids is 1. The summed E-state index contributed by atoms with van der Waals surface area (Å²) in [5.74, 6) is -1.14. The zero-order chi connectivity index (χ0) is 10.8. The van der Waals surface area contributed by atoms with Gasteiger partial charge in [-0.25, -0.2) is 4.79 Å². The monoisotopic (exact) mass is 196 g/mol. The van der Waals surface area contributed by atoms with Crippen LogP contribution >= 0.6 is 0 Å². The Bertz CT molecular complexity index is 326. The Morgan fingerprint density at radius 1 is 1.36 bits per heavy atom. The van der Waals surface area contributed by atoms with Crippen LogP contribution in [0.2, 0.25) is 0 Å². The highest BCUT2D eigenvalue weighted by Crippen LogP contribution is 2.16. The second kappa shape index (κ2) is 3.67. The number of rotatable bonds is 3. The first kappa shape index (κ1) is 10.5. The van der Waals surface area contributed by atoms with Gasteiger partial charge in [0.25, 0.3) is 0 Å². The van der Waals surface area contributed by atoms with E-state index in [1.807, 2.05) is 0 Å². The summed E-state index contributed by atoms with van der Waals surface area (Å²) < 4.78 is 0. The van der Waals surface area contributed by atoms with Crippen molar-refractivity contribution in [2.24, 2.45) is 0 Å². The summed E-state index contributed by atoms with van der Waals surface area (Å²) in [5.41, 5.74) is -1.10. The van der Waals surface area contributed by atoms with Gasteiger partial charge in [0.15, 0.2) is 5.60 Å². The summed E-state index contributed by atoms with van der Waals surface area (Å²) in [4.78, 5) is 10.6. The third-order valence-corrected chi connectivity index (χ3v) is 1.95. The molecule has 14 heavy (non-hydrogen) atoms. The molecule has 1 aromatic carbocycles. The van der Waals surface area contributed by atoms with Crippen molar-refractivity contribution in [3.63, 3.8) is 0 Å². The van der Waals surface area contributed by atoms with Crippen molar-refractivity contribution in [2.45, 2.75) is 18.9 Å². The number of phenolic OH excluding ortho intramolecular Hbond substituents is 1. The Kier molecular flexibility index (Phi) is 2.76. The van der Waals surface area contributed by atoms with Crippen LogP contribution < -0.4 is 0 Å². The normalized spacial score (nSPS) is 14.7. The van der Waals surface area contributed by atoms with Crippen LogP contribution in [0.25, 0.3) is 0 Å². The van der Waals surface area contributed by atoms with Gasteiger partial charge in [-0.1, -0.05) is 12.1 Å². The summed E-state index contributed by atoms with van der Waals surface area (Å²) in [6, 6.07) is 6.06.